The monoisotopic (exact) mass is 367 g/mol. The third-order valence-corrected chi connectivity index (χ3v) is 6.27. The van der Waals surface area contributed by atoms with Crippen LogP contribution >= 0.6 is 11.3 Å². The van der Waals surface area contributed by atoms with Gasteiger partial charge in [-0.25, -0.2) is 13.4 Å². The molecule has 1 fully saturated rings. The number of sulfonamides is 1. The first-order chi connectivity index (χ1) is 11.5. The molecule has 1 aromatic carbocycles. The molecule has 8 nitrogen and oxygen atoms in total. The third-order valence-electron chi connectivity index (χ3n) is 3.49. The van der Waals surface area contributed by atoms with Gasteiger partial charge in [0.05, 0.1) is 29.5 Å². The first-order valence-electron chi connectivity index (χ1n) is 7.29. The lowest BCUT2D eigenvalue weighted by atomic mass is 10.3. The van der Waals surface area contributed by atoms with Gasteiger partial charge in [-0.2, -0.15) is 4.31 Å². The number of azo groups is 1. The van der Waals surface area contributed by atoms with Crippen LogP contribution in [0.2, 0.25) is 0 Å². The van der Waals surface area contributed by atoms with Crippen molar-refractivity contribution in [3.8, 4) is 0 Å². The van der Waals surface area contributed by atoms with Crippen LogP contribution in [-0.4, -0.2) is 44.0 Å². The number of benzene rings is 1. The second-order valence-corrected chi connectivity index (χ2v) is 8.10. The first-order valence-corrected chi connectivity index (χ1v) is 9.55. The van der Waals surface area contributed by atoms with E-state index < -0.39 is 10.0 Å². The molecule has 2 heterocycles. The van der Waals surface area contributed by atoms with Gasteiger partial charge in [0.15, 0.2) is 10.1 Å². The quantitative estimate of drug-likeness (QED) is 0.835. The van der Waals surface area contributed by atoms with Gasteiger partial charge in [0.25, 0.3) is 0 Å². The van der Waals surface area contributed by atoms with Crippen molar-refractivity contribution in [3.63, 3.8) is 0 Å². The lowest BCUT2D eigenvalue weighted by molar-refractivity contribution is 0.0730. The molecule has 0 radical (unpaired) electrons. The number of aromatic nitrogens is 1. The fourth-order valence-corrected chi connectivity index (χ4v) is 4.29. The van der Waals surface area contributed by atoms with Gasteiger partial charge < -0.3 is 10.5 Å². The molecule has 2 aromatic rings. The van der Waals surface area contributed by atoms with Crippen molar-refractivity contribution in [2.45, 2.75) is 11.8 Å². The summed E-state index contributed by atoms with van der Waals surface area (Å²) in [5, 5.41) is 9.28. The molecule has 2 N–H and O–H groups in total. The van der Waals surface area contributed by atoms with Crippen molar-refractivity contribution >= 4 is 37.2 Å². The largest absolute Gasteiger partial charge is 0.379 e. The summed E-state index contributed by atoms with van der Waals surface area (Å²) in [6.45, 7) is 3.39. The van der Waals surface area contributed by atoms with Gasteiger partial charge in [-0.05, 0) is 31.2 Å². The maximum absolute atomic E-state index is 12.5. The Morgan fingerprint density at radius 1 is 1.21 bits per heavy atom. The smallest absolute Gasteiger partial charge is 0.243 e. The Balaban J connectivity index is 1.76. The highest BCUT2D eigenvalue weighted by Crippen LogP contribution is 2.30. The summed E-state index contributed by atoms with van der Waals surface area (Å²) in [4.78, 5) is 4.31. The summed E-state index contributed by atoms with van der Waals surface area (Å²) in [6.07, 6.45) is 0. The maximum Gasteiger partial charge on any atom is 0.243 e. The highest BCUT2D eigenvalue weighted by molar-refractivity contribution is 7.89. The molecule has 0 atom stereocenters. The zero-order chi connectivity index (χ0) is 17.2. The number of nitrogen functional groups attached to an aromatic ring is 1. The van der Waals surface area contributed by atoms with Crippen LogP contribution in [0, 0.1) is 6.92 Å². The van der Waals surface area contributed by atoms with Gasteiger partial charge in [-0.1, -0.05) is 11.3 Å². The van der Waals surface area contributed by atoms with E-state index in [9.17, 15) is 8.42 Å². The number of ether oxygens (including phenoxy) is 1. The van der Waals surface area contributed by atoms with Gasteiger partial charge in [0.1, 0.15) is 0 Å². The van der Waals surface area contributed by atoms with Crippen LogP contribution in [0.3, 0.4) is 0 Å². The van der Waals surface area contributed by atoms with Crippen molar-refractivity contribution in [1.29, 1.82) is 0 Å². The molecule has 1 aliphatic rings. The molecule has 1 aromatic heterocycles. The number of morpholine rings is 1. The Bertz CT molecular complexity index is 840. The Hall–Kier alpha value is -1.88. The van der Waals surface area contributed by atoms with E-state index in [4.69, 9.17) is 10.5 Å². The average Bonchev–Trinajstić information content (AvgIpc) is 2.91. The minimum absolute atomic E-state index is 0.238. The lowest BCUT2D eigenvalue weighted by Gasteiger charge is -2.25. The van der Waals surface area contributed by atoms with E-state index in [2.05, 4.69) is 15.2 Å². The van der Waals surface area contributed by atoms with Crippen LogP contribution in [0.4, 0.5) is 15.8 Å². The van der Waals surface area contributed by atoms with E-state index in [1.165, 1.54) is 27.8 Å². The molecule has 0 amide bonds. The van der Waals surface area contributed by atoms with Crippen LogP contribution in [0.5, 0.6) is 0 Å². The molecule has 0 saturated carbocycles. The number of aryl methyl sites for hydroxylation is 1. The van der Waals surface area contributed by atoms with Crippen LogP contribution in [-0.2, 0) is 14.8 Å². The van der Waals surface area contributed by atoms with Crippen LogP contribution in [0.15, 0.2) is 39.4 Å². The Morgan fingerprint density at radius 3 is 2.46 bits per heavy atom. The normalized spacial score (nSPS) is 16.7. The van der Waals surface area contributed by atoms with Gasteiger partial charge in [0.2, 0.25) is 10.0 Å². The number of hydrogen-bond donors (Lipinski definition) is 1. The lowest BCUT2D eigenvalue weighted by Crippen LogP contribution is -2.40. The molecule has 0 bridgehead atoms. The Morgan fingerprint density at radius 2 is 1.88 bits per heavy atom. The fourth-order valence-electron chi connectivity index (χ4n) is 2.23. The number of anilines is 1. The van der Waals surface area contributed by atoms with Gasteiger partial charge in [-0.3, -0.25) is 0 Å². The summed E-state index contributed by atoms with van der Waals surface area (Å²) >= 11 is 1.25. The first kappa shape index (κ1) is 17.0. The van der Waals surface area contributed by atoms with E-state index in [0.717, 1.165) is 0 Å². The third kappa shape index (κ3) is 3.61. The summed E-state index contributed by atoms with van der Waals surface area (Å²) in [5.41, 5.74) is 6.89. The summed E-state index contributed by atoms with van der Waals surface area (Å²) in [5.74, 6) is 0. The van der Waals surface area contributed by atoms with Gasteiger partial charge >= 0.3 is 0 Å². The SMILES string of the molecule is Cc1nc(N)sc1N=Nc1ccc(S(=O)(=O)N2CCOCC2)cc1. The zero-order valence-electron chi connectivity index (χ0n) is 13.0. The minimum Gasteiger partial charge on any atom is -0.379 e. The van der Waals surface area contributed by atoms with Crippen LogP contribution < -0.4 is 5.73 Å². The van der Waals surface area contributed by atoms with E-state index in [-0.39, 0.29) is 4.90 Å². The molecule has 1 aliphatic heterocycles. The minimum atomic E-state index is -3.49. The number of nitrogens with zero attached hydrogens (tertiary/aromatic N) is 4. The number of hydrogen-bond acceptors (Lipinski definition) is 8. The van der Waals surface area contributed by atoms with Crippen LogP contribution in [0.1, 0.15) is 5.69 Å². The molecule has 0 unspecified atom stereocenters. The fraction of sp³-hybridized carbons (Fsp3) is 0.357. The van der Waals surface area contributed by atoms with Crippen molar-refractivity contribution in [3.05, 3.63) is 30.0 Å². The molecule has 10 heteroatoms. The standard InChI is InChI=1S/C14H17N5O3S2/c1-10-13(23-14(15)16-10)18-17-11-2-4-12(5-3-11)24(20,21)19-6-8-22-9-7-19/h2-5H,6-9H2,1H3,(H2,15,16). The van der Waals surface area contributed by atoms with Gasteiger partial charge in [-0.15, -0.1) is 10.2 Å². The highest BCUT2D eigenvalue weighted by Gasteiger charge is 2.26. The van der Waals surface area contributed by atoms with E-state index in [0.29, 0.717) is 47.8 Å². The zero-order valence-corrected chi connectivity index (χ0v) is 14.7. The molecular weight excluding hydrogens is 350 g/mol. The number of nitrogens with two attached hydrogens (primary N) is 1. The molecule has 3 rings (SSSR count). The highest BCUT2D eigenvalue weighted by atomic mass is 32.2. The average molecular weight is 367 g/mol. The summed E-state index contributed by atoms with van der Waals surface area (Å²) in [6, 6.07) is 6.31. The molecular formula is C14H17N5O3S2. The summed E-state index contributed by atoms with van der Waals surface area (Å²) < 4.78 is 31.7. The Kier molecular flexibility index (Phi) is 4.90. The molecule has 24 heavy (non-hydrogen) atoms. The van der Waals surface area contributed by atoms with Crippen molar-refractivity contribution in [1.82, 2.24) is 9.29 Å². The molecule has 0 spiro atoms. The predicted octanol–water partition coefficient (Wildman–Crippen LogP) is 2.47. The van der Waals surface area contributed by atoms with Crippen molar-refractivity contribution in [2.24, 2.45) is 10.2 Å². The topological polar surface area (TPSA) is 110 Å². The van der Waals surface area contributed by atoms with E-state index >= 15 is 0 Å². The summed E-state index contributed by atoms with van der Waals surface area (Å²) in [7, 11) is -3.49. The number of rotatable bonds is 4. The van der Waals surface area contributed by atoms with E-state index in [1.54, 1.807) is 19.1 Å². The maximum atomic E-state index is 12.5. The predicted molar refractivity (Wildman–Crippen MR) is 91.5 cm³/mol. The molecule has 1 saturated heterocycles. The molecule has 128 valence electrons. The van der Waals surface area contributed by atoms with Crippen molar-refractivity contribution in [2.75, 3.05) is 32.0 Å². The van der Waals surface area contributed by atoms with Crippen molar-refractivity contribution < 1.29 is 13.2 Å². The second kappa shape index (κ2) is 6.93. The second-order valence-electron chi connectivity index (χ2n) is 5.15. The molecule has 0 aliphatic carbocycles. The Labute approximate surface area is 144 Å². The van der Waals surface area contributed by atoms with E-state index in [1.807, 2.05) is 0 Å². The number of thiazole rings is 1. The van der Waals surface area contributed by atoms with Crippen LogP contribution in [0.25, 0.3) is 0 Å². The van der Waals surface area contributed by atoms with Gasteiger partial charge in [0, 0.05) is 13.1 Å².